The van der Waals surface area contributed by atoms with E-state index < -0.39 is 18.0 Å². The van der Waals surface area contributed by atoms with Gasteiger partial charge in [0, 0.05) is 11.8 Å². The maximum Gasteiger partial charge on any atom is 0.331 e. The fourth-order valence-corrected chi connectivity index (χ4v) is 2.35. The van der Waals surface area contributed by atoms with Crippen LogP contribution >= 0.6 is 11.6 Å². The highest BCUT2D eigenvalue weighted by atomic mass is 35.5. The van der Waals surface area contributed by atoms with E-state index in [0.29, 0.717) is 16.5 Å². The summed E-state index contributed by atoms with van der Waals surface area (Å²) in [4.78, 5) is 24.0. The first kappa shape index (κ1) is 19.5. The number of amides is 1. The lowest BCUT2D eigenvalue weighted by Crippen LogP contribution is -2.29. The largest absolute Gasteiger partial charge is 0.495 e. The highest BCUT2D eigenvalue weighted by Gasteiger charge is 2.17. The molecule has 0 spiro atoms. The molecule has 0 aliphatic carbocycles. The fourth-order valence-electron chi connectivity index (χ4n) is 2.10. The molecule has 0 saturated carbocycles. The van der Waals surface area contributed by atoms with E-state index >= 15 is 0 Å². The number of carbonyl (C=O) groups is 2. The van der Waals surface area contributed by atoms with Crippen LogP contribution in [0.3, 0.4) is 0 Å². The van der Waals surface area contributed by atoms with Gasteiger partial charge in [0.25, 0.3) is 5.91 Å². The Morgan fingerprint density at radius 3 is 2.46 bits per heavy atom. The fraction of sp³-hybridized carbons (Fsp3) is 0.200. The number of hydrogen-bond donors (Lipinski definition) is 1. The van der Waals surface area contributed by atoms with Crippen molar-refractivity contribution in [2.45, 2.75) is 20.0 Å². The number of carbonyl (C=O) groups excluding carboxylic acids is 2. The Bertz CT molecular complexity index is 815. The monoisotopic (exact) mass is 373 g/mol. The van der Waals surface area contributed by atoms with Gasteiger partial charge in [0.1, 0.15) is 5.75 Å². The van der Waals surface area contributed by atoms with Gasteiger partial charge in [-0.25, -0.2) is 4.79 Å². The second-order valence-electron chi connectivity index (χ2n) is 5.66. The summed E-state index contributed by atoms with van der Waals surface area (Å²) in [7, 11) is 1.51. The molecule has 136 valence electrons. The Morgan fingerprint density at radius 1 is 1.15 bits per heavy atom. The van der Waals surface area contributed by atoms with Crippen LogP contribution in [0.25, 0.3) is 6.08 Å². The highest BCUT2D eigenvalue weighted by molar-refractivity contribution is 6.32. The maximum absolute atomic E-state index is 12.1. The third-order valence-corrected chi connectivity index (χ3v) is 3.87. The molecular weight excluding hydrogens is 354 g/mol. The van der Waals surface area contributed by atoms with Gasteiger partial charge in [-0.1, -0.05) is 41.4 Å². The lowest BCUT2D eigenvalue weighted by atomic mass is 10.1. The molecule has 2 aromatic rings. The number of ether oxygens (including phenoxy) is 2. The molecule has 1 N–H and O–H groups in total. The summed E-state index contributed by atoms with van der Waals surface area (Å²) in [5, 5.41) is 3.01. The summed E-state index contributed by atoms with van der Waals surface area (Å²) < 4.78 is 10.2. The van der Waals surface area contributed by atoms with Crippen molar-refractivity contribution in [1.82, 2.24) is 0 Å². The molecule has 0 saturated heterocycles. The Labute approximate surface area is 157 Å². The van der Waals surface area contributed by atoms with Gasteiger partial charge >= 0.3 is 5.97 Å². The van der Waals surface area contributed by atoms with Crippen molar-refractivity contribution >= 4 is 35.2 Å². The van der Waals surface area contributed by atoms with E-state index in [1.165, 1.54) is 20.1 Å². The zero-order chi connectivity index (χ0) is 19.1. The maximum atomic E-state index is 12.1. The second-order valence-corrected chi connectivity index (χ2v) is 6.07. The summed E-state index contributed by atoms with van der Waals surface area (Å²) >= 11 is 6.02. The number of anilines is 1. The first-order valence-corrected chi connectivity index (χ1v) is 8.36. The zero-order valence-electron chi connectivity index (χ0n) is 14.8. The number of methoxy groups -OCH3 is 1. The van der Waals surface area contributed by atoms with Gasteiger partial charge in [0.2, 0.25) is 0 Å². The zero-order valence-corrected chi connectivity index (χ0v) is 15.5. The first-order valence-electron chi connectivity index (χ1n) is 7.99. The van der Waals surface area contributed by atoms with E-state index in [0.717, 1.165) is 11.1 Å². The Hall–Kier alpha value is -2.79. The van der Waals surface area contributed by atoms with Crippen LogP contribution in [-0.2, 0) is 14.3 Å². The molecule has 1 amide bonds. The minimum absolute atomic E-state index is 0.371. The standard InChI is InChI=1S/C20H20ClNO4/c1-13-4-6-15(7-5-13)8-11-19(23)26-14(2)20(24)22-16-9-10-18(25-3)17(21)12-16/h4-12,14H,1-3H3,(H,22,24). The van der Waals surface area contributed by atoms with E-state index in [-0.39, 0.29) is 0 Å². The topological polar surface area (TPSA) is 64.6 Å². The molecule has 0 aliphatic heterocycles. The van der Waals surface area contributed by atoms with Gasteiger partial charge < -0.3 is 14.8 Å². The molecule has 1 atom stereocenters. The molecular formula is C20H20ClNO4. The van der Waals surface area contributed by atoms with Gasteiger partial charge in [-0.05, 0) is 43.7 Å². The van der Waals surface area contributed by atoms with Crippen molar-refractivity contribution in [2.75, 3.05) is 12.4 Å². The summed E-state index contributed by atoms with van der Waals surface area (Å²) in [6.45, 7) is 3.48. The molecule has 6 heteroatoms. The van der Waals surface area contributed by atoms with Crippen molar-refractivity contribution in [3.63, 3.8) is 0 Å². The molecule has 26 heavy (non-hydrogen) atoms. The first-order chi connectivity index (χ1) is 12.4. The van der Waals surface area contributed by atoms with Crippen LogP contribution in [0.2, 0.25) is 5.02 Å². The molecule has 0 aliphatic rings. The van der Waals surface area contributed by atoms with Crippen LogP contribution in [0, 0.1) is 6.92 Å². The Balaban J connectivity index is 1.90. The van der Waals surface area contributed by atoms with Gasteiger partial charge in [-0.2, -0.15) is 0 Å². The van der Waals surface area contributed by atoms with Crippen LogP contribution in [0.4, 0.5) is 5.69 Å². The smallest absolute Gasteiger partial charge is 0.331 e. The summed E-state index contributed by atoms with van der Waals surface area (Å²) in [5.74, 6) is -0.547. The average molecular weight is 374 g/mol. The van der Waals surface area contributed by atoms with Crippen molar-refractivity contribution in [2.24, 2.45) is 0 Å². The minimum atomic E-state index is -0.953. The van der Waals surface area contributed by atoms with Crippen molar-refractivity contribution < 1.29 is 19.1 Å². The van der Waals surface area contributed by atoms with E-state index in [9.17, 15) is 9.59 Å². The number of aryl methyl sites for hydroxylation is 1. The third-order valence-electron chi connectivity index (χ3n) is 3.57. The van der Waals surface area contributed by atoms with Crippen LogP contribution in [-0.4, -0.2) is 25.1 Å². The van der Waals surface area contributed by atoms with Gasteiger partial charge in [-0.3, -0.25) is 4.79 Å². The number of hydrogen-bond acceptors (Lipinski definition) is 4. The number of nitrogens with one attached hydrogen (secondary N) is 1. The van der Waals surface area contributed by atoms with Crippen LogP contribution in [0.1, 0.15) is 18.1 Å². The summed E-state index contributed by atoms with van der Waals surface area (Å²) in [6.07, 6.45) is 1.97. The normalized spacial score (nSPS) is 11.8. The third kappa shape index (κ3) is 5.63. The SMILES string of the molecule is COc1ccc(NC(=O)C(C)OC(=O)C=Cc2ccc(C)cc2)cc1Cl. The van der Waals surface area contributed by atoms with E-state index in [2.05, 4.69) is 5.32 Å². The summed E-state index contributed by atoms with van der Waals surface area (Å²) in [6, 6.07) is 12.5. The average Bonchev–Trinajstić information content (AvgIpc) is 2.61. The van der Waals surface area contributed by atoms with Gasteiger partial charge in [0.15, 0.2) is 6.10 Å². The van der Waals surface area contributed by atoms with Gasteiger partial charge in [-0.15, -0.1) is 0 Å². The Morgan fingerprint density at radius 2 is 1.85 bits per heavy atom. The second kappa shape index (κ2) is 9.06. The lowest BCUT2D eigenvalue weighted by molar-refractivity contribution is -0.148. The molecule has 1 unspecified atom stereocenters. The molecule has 0 aromatic heterocycles. The van der Waals surface area contributed by atoms with E-state index in [1.54, 1.807) is 24.3 Å². The predicted octanol–water partition coefficient (Wildman–Crippen LogP) is 4.24. The number of rotatable bonds is 6. The van der Waals surface area contributed by atoms with E-state index in [1.807, 2.05) is 31.2 Å². The Kier molecular flexibility index (Phi) is 6.81. The quantitative estimate of drug-likeness (QED) is 0.607. The molecule has 2 aromatic carbocycles. The molecule has 0 bridgehead atoms. The van der Waals surface area contributed by atoms with E-state index in [4.69, 9.17) is 21.1 Å². The highest BCUT2D eigenvalue weighted by Crippen LogP contribution is 2.27. The van der Waals surface area contributed by atoms with Crippen LogP contribution < -0.4 is 10.1 Å². The van der Waals surface area contributed by atoms with Crippen molar-refractivity contribution in [3.05, 3.63) is 64.7 Å². The minimum Gasteiger partial charge on any atom is -0.495 e. The molecule has 5 nitrogen and oxygen atoms in total. The predicted molar refractivity (Wildman–Crippen MR) is 102 cm³/mol. The van der Waals surface area contributed by atoms with Gasteiger partial charge in [0.05, 0.1) is 12.1 Å². The molecule has 0 fully saturated rings. The van der Waals surface area contributed by atoms with Crippen LogP contribution in [0.5, 0.6) is 5.75 Å². The molecule has 0 radical (unpaired) electrons. The number of esters is 1. The molecule has 0 heterocycles. The summed E-state index contributed by atoms with van der Waals surface area (Å²) in [5.41, 5.74) is 2.49. The van der Waals surface area contributed by atoms with Crippen molar-refractivity contribution in [1.29, 1.82) is 0 Å². The molecule has 2 rings (SSSR count). The number of benzene rings is 2. The number of halogens is 1. The lowest BCUT2D eigenvalue weighted by Gasteiger charge is -2.13. The van der Waals surface area contributed by atoms with Crippen LogP contribution in [0.15, 0.2) is 48.5 Å². The van der Waals surface area contributed by atoms with Crippen molar-refractivity contribution in [3.8, 4) is 5.75 Å².